The molecule has 3 rings (SSSR count). The minimum Gasteiger partial charge on any atom is -0.493 e. The standard InChI is InChI=1S/C22H22N2O3/c1-4-26-20-11-16-9-15(3)27-21(16)12-17(20)10-18(13-23)22(25)24-19-7-5-6-14(2)8-19/h5-8,10-12,15H,4,9H2,1-3H3,(H,24,25)/b18-10+/t15-/m1/s1. The number of anilines is 1. The zero-order valence-electron chi connectivity index (χ0n) is 15.7. The zero-order chi connectivity index (χ0) is 19.4. The first-order chi connectivity index (χ1) is 13.0. The van der Waals surface area contributed by atoms with E-state index in [2.05, 4.69) is 5.32 Å². The van der Waals surface area contributed by atoms with Crippen LogP contribution in [0.4, 0.5) is 5.69 Å². The summed E-state index contributed by atoms with van der Waals surface area (Å²) < 4.78 is 11.5. The number of fused-ring (bicyclic) bond motifs is 1. The van der Waals surface area contributed by atoms with Crippen molar-refractivity contribution in [3.8, 4) is 17.6 Å². The van der Waals surface area contributed by atoms with Gasteiger partial charge < -0.3 is 14.8 Å². The van der Waals surface area contributed by atoms with Gasteiger partial charge in [-0.15, -0.1) is 0 Å². The quantitative estimate of drug-likeness (QED) is 0.637. The average Bonchev–Trinajstić information content (AvgIpc) is 2.98. The van der Waals surface area contributed by atoms with Crippen molar-refractivity contribution in [3.05, 3.63) is 58.7 Å². The summed E-state index contributed by atoms with van der Waals surface area (Å²) in [7, 11) is 0. The van der Waals surface area contributed by atoms with Crippen molar-refractivity contribution in [1.29, 1.82) is 5.26 Å². The van der Waals surface area contributed by atoms with Gasteiger partial charge in [0.2, 0.25) is 0 Å². The van der Waals surface area contributed by atoms with Crippen LogP contribution in [0.2, 0.25) is 0 Å². The summed E-state index contributed by atoms with van der Waals surface area (Å²) >= 11 is 0. The third kappa shape index (κ3) is 4.29. The Balaban J connectivity index is 1.92. The Labute approximate surface area is 159 Å². The summed E-state index contributed by atoms with van der Waals surface area (Å²) in [5.41, 5.74) is 3.41. The van der Waals surface area contributed by atoms with Crippen LogP contribution in [0, 0.1) is 18.3 Å². The van der Waals surface area contributed by atoms with Gasteiger partial charge >= 0.3 is 0 Å². The molecule has 0 aromatic heterocycles. The Kier molecular flexibility index (Phi) is 5.46. The highest BCUT2D eigenvalue weighted by molar-refractivity contribution is 6.09. The number of carbonyl (C=O) groups excluding carboxylic acids is 1. The molecule has 138 valence electrons. The summed E-state index contributed by atoms with van der Waals surface area (Å²) in [6.45, 7) is 6.34. The van der Waals surface area contributed by atoms with E-state index in [-0.39, 0.29) is 11.7 Å². The molecular weight excluding hydrogens is 340 g/mol. The van der Waals surface area contributed by atoms with Crippen LogP contribution in [0.5, 0.6) is 11.5 Å². The van der Waals surface area contributed by atoms with E-state index in [1.165, 1.54) is 0 Å². The summed E-state index contributed by atoms with van der Waals surface area (Å²) in [6.07, 6.45) is 2.47. The Morgan fingerprint density at radius 3 is 2.93 bits per heavy atom. The fourth-order valence-corrected chi connectivity index (χ4v) is 3.07. The van der Waals surface area contributed by atoms with Crippen molar-refractivity contribution in [2.75, 3.05) is 11.9 Å². The maximum atomic E-state index is 12.5. The smallest absolute Gasteiger partial charge is 0.266 e. The van der Waals surface area contributed by atoms with Crippen LogP contribution >= 0.6 is 0 Å². The zero-order valence-corrected chi connectivity index (χ0v) is 15.7. The highest BCUT2D eigenvalue weighted by Gasteiger charge is 2.22. The van der Waals surface area contributed by atoms with Crippen LogP contribution in [0.3, 0.4) is 0 Å². The van der Waals surface area contributed by atoms with Gasteiger partial charge in [-0.05, 0) is 56.7 Å². The first kappa shape index (κ1) is 18.5. The maximum absolute atomic E-state index is 12.5. The SMILES string of the molecule is CCOc1cc2c(cc1/C=C(\C#N)C(=O)Nc1cccc(C)c1)O[C@H](C)C2. The van der Waals surface area contributed by atoms with E-state index >= 15 is 0 Å². The Morgan fingerprint density at radius 1 is 1.41 bits per heavy atom. The molecule has 0 saturated heterocycles. The molecule has 0 unspecified atom stereocenters. The van der Waals surface area contributed by atoms with E-state index in [1.807, 2.05) is 57.2 Å². The number of hydrogen-bond donors (Lipinski definition) is 1. The molecule has 5 nitrogen and oxygen atoms in total. The van der Waals surface area contributed by atoms with Gasteiger partial charge in [0.05, 0.1) is 6.61 Å². The van der Waals surface area contributed by atoms with Crippen LogP contribution in [0.15, 0.2) is 42.0 Å². The van der Waals surface area contributed by atoms with Gasteiger partial charge in [0.1, 0.15) is 29.2 Å². The van der Waals surface area contributed by atoms with E-state index in [0.29, 0.717) is 23.6 Å². The molecule has 0 fully saturated rings. The number of rotatable bonds is 5. The van der Waals surface area contributed by atoms with Crippen LogP contribution in [0.1, 0.15) is 30.5 Å². The van der Waals surface area contributed by atoms with Crippen molar-refractivity contribution in [3.63, 3.8) is 0 Å². The summed E-state index contributed by atoms with van der Waals surface area (Å²) in [6, 6.07) is 13.2. The van der Waals surface area contributed by atoms with Gasteiger partial charge in [0, 0.05) is 23.2 Å². The molecule has 2 aromatic rings. The average molecular weight is 362 g/mol. The van der Waals surface area contributed by atoms with Crippen LogP contribution in [-0.4, -0.2) is 18.6 Å². The molecule has 0 bridgehead atoms. The molecular formula is C22H22N2O3. The number of benzene rings is 2. The van der Waals surface area contributed by atoms with E-state index in [9.17, 15) is 10.1 Å². The van der Waals surface area contributed by atoms with Crippen molar-refractivity contribution in [2.45, 2.75) is 33.3 Å². The van der Waals surface area contributed by atoms with Crippen LogP contribution < -0.4 is 14.8 Å². The van der Waals surface area contributed by atoms with Crippen LogP contribution in [-0.2, 0) is 11.2 Å². The molecule has 1 aliphatic rings. The van der Waals surface area contributed by atoms with Crippen molar-refractivity contribution in [2.24, 2.45) is 0 Å². The lowest BCUT2D eigenvalue weighted by atomic mass is 10.0. The summed E-state index contributed by atoms with van der Waals surface area (Å²) in [5.74, 6) is 0.957. The first-order valence-corrected chi connectivity index (χ1v) is 8.96. The van der Waals surface area contributed by atoms with Crippen molar-refractivity contribution < 1.29 is 14.3 Å². The largest absolute Gasteiger partial charge is 0.493 e. The van der Waals surface area contributed by atoms with Crippen molar-refractivity contribution >= 4 is 17.7 Å². The predicted molar refractivity (Wildman–Crippen MR) is 105 cm³/mol. The van der Waals surface area contributed by atoms with Gasteiger partial charge in [-0.1, -0.05) is 12.1 Å². The second-order valence-electron chi connectivity index (χ2n) is 6.56. The Morgan fingerprint density at radius 2 is 2.22 bits per heavy atom. The molecule has 0 radical (unpaired) electrons. The first-order valence-electron chi connectivity index (χ1n) is 8.96. The lowest BCUT2D eigenvalue weighted by Crippen LogP contribution is -2.13. The van der Waals surface area contributed by atoms with Crippen LogP contribution in [0.25, 0.3) is 6.08 Å². The van der Waals surface area contributed by atoms with Gasteiger partial charge in [-0.25, -0.2) is 0 Å². The number of ether oxygens (including phenoxy) is 2. The molecule has 0 aliphatic carbocycles. The molecule has 0 spiro atoms. The van der Waals surface area contributed by atoms with Crippen molar-refractivity contribution in [1.82, 2.24) is 0 Å². The molecule has 1 amide bonds. The number of nitrogens with one attached hydrogen (secondary N) is 1. The number of amides is 1. The lowest BCUT2D eigenvalue weighted by molar-refractivity contribution is -0.112. The predicted octanol–water partition coefficient (Wildman–Crippen LogP) is 4.26. The molecule has 1 heterocycles. The van der Waals surface area contributed by atoms with Gasteiger partial charge in [0.25, 0.3) is 5.91 Å². The maximum Gasteiger partial charge on any atom is 0.266 e. The van der Waals surface area contributed by atoms with Gasteiger partial charge in [0.15, 0.2) is 0 Å². The lowest BCUT2D eigenvalue weighted by Gasteiger charge is -2.11. The topological polar surface area (TPSA) is 71.3 Å². The number of carbonyl (C=O) groups is 1. The Hall–Kier alpha value is -3.26. The normalized spacial score (nSPS) is 15.5. The number of nitriles is 1. The molecule has 1 atom stereocenters. The molecule has 5 heteroatoms. The van der Waals surface area contributed by atoms with E-state index in [4.69, 9.17) is 9.47 Å². The number of aryl methyl sites for hydroxylation is 1. The fraction of sp³-hybridized carbons (Fsp3) is 0.273. The molecule has 1 aliphatic heterocycles. The molecule has 0 saturated carbocycles. The summed E-state index contributed by atoms with van der Waals surface area (Å²) in [5, 5.41) is 12.3. The van der Waals surface area contributed by atoms with E-state index < -0.39 is 5.91 Å². The second-order valence-corrected chi connectivity index (χ2v) is 6.56. The second kappa shape index (κ2) is 7.96. The van der Waals surface area contributed by atoms with Gasteiger partial charge in [-0.3, -0.25) is 4.79 Å². The minimum absolute atomic E-state index is 0.00320. The highest BCUT2D eigenvalue weighted by Crippen LogP contribution is 2.36. The third-order valence-electron chi connectivity index (χ3n) is 4.27. The minimum atomic E-state index is -0.458. The monoisotopic (exact) mass is 362 g/mol. The molecule has 1 N–H and O–H groups in total. The third-order valence-corrected chi connectivity index (χ3v) is 4.27. The Bertz CT molecular complexity index is 941. The fourth-order valence-electron chi connectivity index (χ4n) is 3.07. The number of nitrogens with zero attached hydrogens (tertiary/aromatic N) is 1. The number of hydrogen-bond acceptors (Lipinski definition) is 4. The van der Waals surface area contributed by atoms with Gasteiger partial charge in [-0.2, -0.15) is 5.26 Å². The van der Waals surface area contributed by atoms with E-state index in [0.717, 1.165) is 23.3 Å². The molecule has 27 heavy (non-hydrogen) atoms. The highest BCUT2D eigenvalue weighted by atomic mass is 16.5. The van der Waals surface area contributed by atoms with E-state index in [1.54, 1.807) is 12.1 Å². The molecule has 2 aromatic carbocycles. The summed E-state index contributed by atoms with van der Waals surface area (Å²) in [4.78, 5) is 12.5.